The second kappa shape index (κ2) is 5.74. The molecule has 1 aromatic carbocycles. The summed E-state index contributed by atoms with van der Waals surface area (Å²) in [6, 6.07) is 7.88. The molecular formula is C16H17NO3. The third-order valence-electron chi connectivity index (χ3n) is 3.03. The number of allylic oxidation sites excluding steroid dienone is 1. The number of aryl methyl sites for hydroxylation is 2. The SMILES string of the molecule is C=C(C)c1ccc(-c2oc(CCC(=O)O)nc2C)cc1. The molecule has 4 heteroatoms. The number of carbonyl (C=O) groups is 1. The Kier molecular flexibility index (Phi) is 4.03. The maximum atomic E-state index is 10.6. The molecule has 0 aliphatic rings. The van der Waals surface area contributed by atoms with Crippen molar-refractivity contribution in [3.05, 3.63) is 48.0 Å². The zero-order chi connectivity index (χ0) is 14.7. The highest BCUT2D eigenvalue weighted by atomic mass is 16.4. The third kappa shape index (κ3) is 3.15. The van der Waals surface area contributed by atoms with Crippen LogP contribution in [-0.2, 0) is 11.2 Å². The van der Waals surface area contributed by atoms with Crippen molar-refractivity contribution in [3.63, 3.8) is 0 Å². The van der Waals surface area contributed by atoms with Crippen LogP contribution >= 0.6 is 0 Å². The van der Waals surface area contributed by atoms with Crippen LogP contribution in [0, 0.1) is 6.92 Å². The normalized spacial score (nSPS) is 10.5. The Balaban J connectivity index is 2.23. The molecule has 0 amide bonds. The van der Waals surface area contributed by atoms with Crippen LogP contribution in [0.25, 0.3) is 16.9 Å². The minimum Gasteiger partial charge on any atom is -0.481 e. The van der Waals surface area contributed by atoms with Crippen LogP contribution in [-0.4, -0.2) is 16.1 Å². The Morgan fingerprint density at radius 1 is 1.35 bits per heavy atom. The van der Waals surface area contributed by atoms with Gasteiger partial charge < -0.3 is 9.52 Å². The van der Waals surface area contributed by atoms with Gasteiger partial charge in [-0.15, -0.1) is 0 Å². The van der Waals surface area contributed by atoms with Crippen molar-refractivity contribution in [2.45, 2.75) is 26.7 Å². The van der Waals surface area contributed by atoms with E-state index in [1.54, 1.807) is 0 Å². The lowest BCUT2D eigenvalue weighted by molar-refractivity contribution is -0.137. The molecule has 2 rings (SSSR count). The van der Waals surface area contributed by atoms with Gasteiger partial charge in [0.1, 0.15) is 0 Å². The molecule has 0 unspecified atom stereocenters. The number of aliphatic carboxylic acids is 1. The van der Waals surface area contributed by atoms with Gasteiger partial charge in [0.15, 0.2) is 11.7 Å². The number of hydrogen-bond acceptors (Lipinski definition) is 3. The molecule has 20 heavy (non-hydrogen) atoms. The first kappa shape index (κ1) is 14.1. The number of carboxylic acid groups (broad SMARTS) is 1. The zero-order valence-corrected chi connectivity index (χ0v) is 11.6. The fourth-order valence-electron chi connectivity index (χ4n) is 1.95. The van der Waals surface area contributed by atoms with Crippen LogP contribution in [0.4, 0.5) is 0 Å². The fourth-order valence-corrected chi connectivity index (χ4v) is 1.95. The van der Waals surface area contributed by atoms with E-state index >= 15 is 0 Å². The summed E-state index contributed by atoms with van der Waals surface area (Å²) in [6.07, 6.45) is 0.327. The molecule has 0 bridgehead atoms. The van der Waals surface area contributed by atoms with E-state index in [9.17, 15) is 4.79 Å². The molecule has 0 aliphatic heterocycles. The molecule has 1 aromatic heterocycles. The highest BCUT2D eigenvalue weighted by Gasteiger charge is 2.12. The molecule has 0 aliphatic carbocycles. The number of hydrogen-bond donors (Lipinski definition) is 1. The van der Waals surface area contributed by atoms with Gasteiger partial charge in [-0.3, -0.25) is 4.79 Å². The van der Waals surface area contributed by atoms with Crippen molar-refractivity contribution in [2.75, 3.05) is 0 Å². The summed E-state index contributed by atoms with van der Waals surface area (Å²) in [7, 11) is 0. The molecule has 0 fully saturated rings. The number of carboxylic acids is 1. The Hall–Kier alpha value is -2.36. The van der Waals surface area contributed by atoms with E-state index in [0.29, 0.717) is 18.1 Å². The van der Waals surface area contributed by atoms with E-state index in [0.717, 1.165) is 22.4 Å². The van der Waals surface area contributed by atoms with E-state index in [-0.39, 0.29) is 6.42 Å². The molecule has 0 atom stereocenters. The molecule has 0 radical (unpaired) electrons. The van der Waals surface area contributed by atoms with E-state index in [1.807, 2.05) is 38.1 Å². The van der Waals surface area contributed by atoms with E-state index in [2.05, 4.69) is 11.6 Å². The van der Waals surface area contributed by atoms with E-state index in [1.165, 1.54) is 0 Å². The average Bonchev–Trinajstić information content (AvgIpc) is 2.78. The molecular weight excluding hydrogens is 254 g/mol. The Bertz CT molecular complexity index is 638. The second-order valence-electron chi connectivity index (χ2n) is 4.77. The van der Waals surface area contributed by atoms with Crippen molar-refractivity contribution in [1.29, 1.82) is 0 Å². The molecule has 0 saturated heterocycles. The maximum absolute atomic E-state index is 10.6. The molecule has 1 N–H and O–H groups in total. The molecule has 0 spiro atoms. The topological polar surface area (TPSA) is 63.3 Å². The summed E-state index contributed by atoms with van der Waals surface area (Å²) in [5, 5.41) is 8.67. The summed E-state index contributed by atoms with van der Waals surface area (Å²) in [5.41, 5.74) is 3.79. The Morgan fingerprint density at radius 2 is 2.00 bits per heavy atom. The first-order valence-electron chi connectivity index (χ1n) is 6.42. The largest absolute Gasteiger partial charge is 0.481 e. The summed E-state index contributed by atoms with van der Waals surface area (Å²) in [5.74, 6) is 0.302. The maximum Gasteiger partial charge on any atom is 0.303 e. The quantitative estimate of drug-likeness (QED) is 0.900. The number of rotatable bonds is 5. The van der Waals surface area contributed by atoms with Crippen LogP contribution in [0.5, 0.6) is 0 Å². The van der Waals surface area contributed by atoms with Gasteiger partial charge in [-0.05, 0) is 19.4 Å². The molecule has 4 nitrogen and oxygen atoms in total. The Labute approximate surface area is 117 Å². The molecule has 1 heterocycles. The third-order valence-corrected chi connectivity index (χ3v) is 3.03. The van der Waals surface area contributed by atoms with Gasteiger partial charge in [-0.25, -0.2) is 4.98 Å². The van der Waals surface area contributed by atoms with Crippen LogP contribution < -0.4 is 0 Å². The van der Waals surface area contributed by atoms with Gasteiger partial charge in [-0.1, -0.05) is 36.4 Å². The fraction of sp³-hybridized carbons (Fsp3) is 0.250. The van der Waals surface area contributed by atoms with Crippen molar-refractivity contribution in [1.82, 2.24) is 4.98 Å². The van der Waals surface area contributed by atoms with Gasteiger partial charge in [0.2, 0.25) is 0 Å². The van der Waals surface area contributed by atoms with Crippen LogP contribution in [0.2, 0.25) is 0 Å². The second-order valence-corrected chi connectivity index (χ2v) is 4.77. The number of benzene rings is 1. The monoisotopic (exact) mass is 271 g/mol. The van der Waals surface area contributed by atoms with Gasteiger partial charge in [0, 0.05) is 12.0 Å². The lowest BCUT2D eigenvalue weighted by Crippen LogP contribution is -1.97. The molecule has 0 saturated carbocycles. The lowest BCUT2D eigenvalue weighted by atomic mass is 10.1. The standard InChI is InChI=1S/C16H17NO3/c1-10(2)12-4-6-13(7-5-12)16-11(3)17-14(20-16)8-9-15(18)19/h4-7H,1,8-9H2,2-3H3,(H,18,19). The van der Waals surface area contributed by atoms with E-state index < -0.39 is 5.97 Å². The minimum atomic E-state index is -0.854. The minimum absolute atomic E-state index is 0.0218. The van der Waals surface area contributed by atoms with Crippen LogP contribution in [0.1, 0.15) is 30.5 Å². The Morgan fingerprint density at radius 3 is 2.55 bits per heavy atom. The van der Waals surface area contributed by atoms with Crippen molar-refractivity contribution in [2.24, 2.45) is 0 Å². The van der Waals surface area contributed by atoms with Gasteiger partial charge in [0.25, 0.3) is 0 Å². The molecule has 104 valence electrons. The van der Waals surface area contributed by atoms with E-state index in [4.69, 9.17) is 9.52 Å². The highest BCUT2D eigenvalue weighted by molar-refractivity contribution is 5.68. The van der Waals surface area contributed by atoms with Crippen molar-refractivity contribution in [3.8, 4) is 11.3 Å². The summed E-state index contributed by atoms with van der Waals surface area (Å²) in [4.78, 5) is 14.8. The number of nitrogens with zero attached hydrogens (tertiary/aromatic N) is 1. The lowest BCUT2D eigenvalue weighted by Gasteiger charge is -2.01. The number of oxazole rings is 1. The zero-order valence-electron chi connectivity index (χ0n) is 11.6. The summed E-state index contributed by atoms with van der Waals surface area (Å²) in [6.45, 7) is 7.71. The van der Waals surface area contributed by atoms with Gasteiger partial charge >= 0.3 is 5.97 Å². The van der Waals surface area contributed by atoms with Gasteiger partial charge in [-0.2, -0.15) is 0 Å². The number of aromatic nitrogens is 1. The first-order valence-corrected chi connectivity index (χ1v) is 6.42. The van der Waals surface area contributed by atoms with Gasteiger partial charge in [0.05, 0.1) is 12.1 Å². The van der Waals surface area contributed by atoms with Crippen molar-refractivity contribution >= 4 is 11.5 Å². The highest BCUT2D eigenvalue weighted by Crippen LogP contribution is 2.26. The molecule has 2 aromatic rings. The average molecular weight is 271 g/mol. The van der Waals surface area contributed by atoms with Crippen LogP contribution in [0.3, 0.4) is 0 Å². The smallest absolute Gasteiger partial charge is 0.303 e. The van der Waals surface area contributed by atoms with Crippen LogP contribution in [0.15, 0.2) is 35.3 Å². The predicted octanol–water partition coefficient (Wildman–Crippen LogP) is 3.70. The summed E-state index contributed by atoms with van der Waals surface area (Å²) < 4.78 is 5.65. The van der Waals surface area contributed by atoms with Crippen molar-refractivity contribution < 1.29 is 14.3 Å². The summed E-state index contributed by atoms with van der Waals surface area (Å²) >= 11 is 0. The predicted molar refractivity (Wildman–Crippen MR) is 77.3 cm³/mol. The first-order chi connectivity index (χ1) is 9.47.